The van der Waals surface area contributed by atoms with E-state index in [9.17, 15) is 4.79 Å². The fourth-order valence-corrected chi connectivity index (χ4v) is 4.40. The number of aromatic amines is 1. The predicted octanol–water partition coefficient (Wildman–Crippen LogP) is 3.97. The number of nitriles is 1. The van der Waals surface area contributed by atoms with E-state index in [0.29, 0.717) is 21.9 Å². The predicted molar refractivity (Wildman–Crippen MR) is 105 cm³/mol. The minimum Gasteiger partial charge on any atom is -0.489 e. The lowest BCUT2D eigenvalue weighted by Crippen LogP contribution is -2.74. The molecular weight excluding hydrogens is 387 g/mol. The smallest absolute Gasteiger partial charge is 0.254 e. The van der Waals surface area contributed by atoms with E-state index < -0.39 is 0 Å². The maximum Gasteiger partial charge on any atom is 0.254 e. The standard InChI is InChI=1S/C19H21ClN4O2.ClH/c1-18(2)16(24-15(25)12-9-22-23-10-12)19(3,4)17(18)26-13-6-5-11(8-21)14(20)7-13;/h5-7,9-10,16-17H,1-4H3,(H,22,23)(H,24,25);1H. The molecule has 0 saturated heterocycles. The van der Waals surface area contributed by atoms with Crippen LogP contribution in [0.3, 0.4) is 0 Å². The monoisotopic (exact) mass is 408 g/mol. The Morgan fingerprint density at radius 1 is 1.33 bits per heavy atom. The van der Waals surface area contributed by atoms with Crippen molar-refractivity contribution in [3.8, 4) is 11.8 Å². The quantitative estimate of drug-likeness (QED) is 0.800. The second kappa shape index (κ2) is 7.41. The van der Waals surface area contributed by atoms with Crippen molar-refractivity contribution in [1.82, 2.24) is 15.5 Å². The number of carbonyl (C=O) groups excluding carboxylic acids is 1. The molecule has 1 aliphatic rings. The molecule has 6 nitrogen and oxygen atoms in total. The molecule has 0 aliphatic heterocycles. The molecule has 27 heavy (non-hydrogen) atoms. The Morgan fingerprint density at radius 3 is 2.52 bits per heavy atom. The van der Waals surface area contributed by atoms with Gasteiger partial charge in [-0.25, -0.2) is 0 Å². The van der Waals surface area contributed by atoms with Crippen LogP contribution in [0.15, 0.2) is 30.6 Å². The lowest BCUT2D eigenvalue weighted by Gasteiger charge is -2.63. The van der Waals surface area contributed by atoms with Gasteiger partial charge in [0.15, 0.2) is 0 Å². The van der Waals surface area contributed by atoms with Crippen LogP contribution >= 0.6 is 24.0 Å². The number of nitrogens with zero attached hydrogens (tertiary/aromatic N) is 2. The molecule has 0 bridgehead atoms. The Morgan fingerprint density at radius 2 is 2.00 bits per heavy atom. The summed E-state index contributed by atoms with van der Waals surface area (Å²) in [5, 5.41) is 18.9. The third-order valence-electron chi connectivity index (χ3n) is 5.19. The topological polar surface area (TPSA) is 90.8 Å². The third kappa shape index (κ3) is 3.62. The first-order valence-electron chi connectivity index (χ1n) is 8.34. The highest BCUT2D eigenvalue weighted by molar-refractivity contribution is 6.31. The summed E-state index contributed by atoms with van der Waals surface area (Å²) in [7, 11) is 0. The van der Waals surface area contributed by atoms with Crippen molar-refractivity contribution in [2.75, 3.05) is 0 Å². The van der Waals surface area contributed by atoms with Crippen LogP contribution in [0.1, 0.15) is 43.6 Å². The molecule has 1 aromatic heterocycles. The van der Waals surface area contributed by atoms with E-state index in [2.05, 4.69) is 43.2 Å². The van der Waals surface area contributed by atoms with Crippen LogP contribution in [0, 0.1) is 22.2 Å². The van der Waals surface area contributed by atoms with Crippen molar-refractivity contribution in [3.05, 3.63) is 46.7 Å². The number of H-pyrrole nitrogens is 1. The number of hydrogen-bond acceptors (Lipinski definition) is 4. The average Bonchev–Trinajstić information content (AvgIpc) is 3.11. The second-order valence-electron chi connectivity index (χ2n) is 7.79. The largest absolute Gasteiger partial charge is 0.489 e. The van der Waals surface area contributed by atoms with Gasteiger partial charge in [0.2, 0.25) is 0 Å². The number of amides is 1. The zero-order chi connectivity index (χ0) is 19.1. The van der Waals surface area contributed by atoms with Crippen LogP contribution in [0.2, 0.25) is 5.02 Å². The number of benzene rings is 1. The van der Waals surface area contributed by atoms with Crippen LogP contribution in [0.4, 0.5) is 0 Å². The van der Waals surface area contributed by atoms with Gasteiger partial charge in [0, 0.05) is 29.1 Å². The van der Waals surface area contributed by atoms with Gasteiger partial charge in [0.05, 0.1) is 22.3 Å². The number of hydrogen-bond donors (Lipinski definition) is 2. The van der Waals surface area contributed by atoms with Gasteiger partial charge >= 0.3 is 0 Å². The summed E-state index contributed by atoms with van der Waals surface area (Å²) < 4.78 is 6.20. The van der Waals surface area contributed by atoms with Gasteiger partial charge in [-0.15, -0.1) is 12.4 Å². The Labute approximate surface area is 169 Å². The Hall–Kier alpha value is -2.23. The molecule has 1 heterocycles. The molecule has 1 amide bonds. The molecule has 8 heteroatoms. The Kier molecular flexibility index (Phi) is 5.79. The zero-order valence-corrected chi connectivity index (χ0v) is 17.1. The summed E-state index contributed by atoms with van der Waals surface area (Å²) in [6.45, 7) is 8.26. The lowest BCUT2D eigenvalue weighted by atomic mass is 9.49. The van der Waals surface area contributed by atoms with E-state index >= 15 is 0 Å². The van der Waals surface area contributed by atoms with Crippen molar-refractivity contribution in [3.63, 3.8) is 0 Å². The SMILES string of the molecule is CC1(C)C(NC(=O)c2cn[nH]c2)C(C)(C)C1Oc1ccc(C#N)c(Cl)c1.Cl. The van der Waals surface area contributed by atoms with E-state index in [-0.39, 0.29) is 41.3 Å². The first kappa shape index (κ1) is 21.1. The minimum absolute atomic E-state index is 0. The number of ether oxygens (including phenoxy) is 1. The highest BCUT2D eigenvalue weighted by Gasteiger charge is 2.64. The highest BCUT2D eigenvalue weighted by atomic mass is 35.5. The maximum absolute atomic E-state index is 12.4. The van der Waals surface area contributed by atoms with Crippen LogP contribution in [-0.2, 0) is 0 Å². The van der Waals surface area contributed by atoms with Gasteiger partial charge in [0.1, 0.15) is 17.9 Å². The highest BCUT2D eigenvalue weighted by Crippen LogP contribution is 2.55. The third-order valence-corrected chi connectivity index (χ3v) is 5.50. The molecular formula is C19H22Cl2N4O2. The molecule has 0 unspecified atom stereocenters. The molecule has 1 aliphatic carbocycles. The molecule has 0 spiro atoms. The van der Waals surface area contributed by atoms with Crippen molar-refractivity contribution < 1.29 is 9.53 Å². The lowest BCUT2D eigenvalue weighted by molar-refractivity contribution is -0.164. The normalized spacial score (nSPS) is 21.9. The van der Waals surface area contributed by atoms with E-state index in [1.165, 1.54) is 6.20 Å². The maximum atomic E-state index is 12.4. The molecule has 1 saturated carbocycles. The second-order valence-corrected chi connectivity index (χ2v) is 8.19. The van der Waals surface area contributed by atoms with Crippen molar-refractivity contribution in [2.45, 2.75) is 39.8 Å². The van der Waals surface area contributed by atoms with E-state index in [1.807, 2.05) is 6.07 Å². The summed E-state index contributed by atoms with van der Waals surface area (Å²) in [5.41, 5.74) is 0.336. The van der Waals surface area contributed by atoms with Gasteiger partial charge < -0.3 is 10.1 Å². The molecule has 144 valence electrons. The van der Waals surface area contributed by atoms with Crippen molar-refractivity contribution in [2.24, 2.45) is 10.8 Å². The first-order valence-corrected chi connectivity index (χ1v) is 8.71. The number of halogens is 2. The fraction of sp³-hybridized carbons (Fsp3) is 0.421. The minimum atomic E-state index is -0.288. The van der Waals surface area contributed by atoms with Gasteiger partial charge in [-0.1, -0.05) is 39.3 Å². The number of aromatic nitrogens is 2. The first-order chi connectivity index (χ1) is 12.2. The van der Waals surface area contributed by atoms with Crippen molar-refractivity contribution in [1.29, 1.82) is 5.26 Å². The van der Waals surface area contributed by atoms with Crippen LogP contribution in [-0.4, -0.2) is 28.3 Å². The zero-order valence-electron chi connectivity index (χ0n) is 15.5. The number of nitrogens with one attached hydrogen (secondary N) is 2. The summed E-state index contributed by atoms with van der Waals surface area (Å²) in [6.07, 6.45) is 2.94. The molecule has 1 fully saturated rings. The van der Waals surface area contributed by atoms with Gasteiger partial charge in [-0.3, -0.25) is 9.89 Å². The summed E-state index contributed by atoms with van der Waals surface area (Å²) in [5.74, 6) is 0.449. The summed E-state index contributed by atoms with van der Waals surface area (Å²) in [4.78, 5) is 12.4. The molecule has 2 aromatic rings. The van der Waals surface area contributed by atoms with Gasteiger partial charge in [-0.2, -0.15) is 10.4 Å². The Bertz CT molecular complexity index is 856. The van der Waals surface area contributed by atoms with Gasteiger partial charge in [0.25, 0.3) is 5.91 Å². The summed E-state index contributed by atoms with van der Waals surface area (Å²) >= 11 is 6.10. The van der Waals surface area contributed by atoms with Crippen molar-refractivity contribution >= 4 is 29.9 Å². The molecule has 0 radical (unpaired) electrons. The van der Waals surface area contributed by atoms with E-state index in [1.54, 1.807) is 24.4 Å². The van der Waals surface area contributed by atoms with Crippen LogP contribution < -0.4 is 10.1 Å². The Balaban J connectivity index is 0.00000261. The molecule has 1 aromatic carbocycles. The average molecular weight is 409 g/mol. The number of carbonyl (C=O) groups is 1. The molecule has 3 rings (SSSR count). The van der Waals surface area contributed by atoms with E-state index in [0.717, 1.165) is 0 Å². The summed E-state index contributed by atoms with van der Waals surface area (Å²) in [6, 6.07) is 7.01. The van der Waals surface area contributed by atoms with E-state index in [4.69, 9.17) is 21.6 Å². The fourth-order valence-electron chi connectivity index (χ4n) is 4.19. The van der Waals surface area contributed by atoms with Crippen LogP contribution in [0.5, 0.6) is 5.75 Å². The van der Waals surface area contributed by atoms with Gasteiger partial charge in [-0.05, 0) is 12.1 Å². The van der Waals surface area contributed by atoms with Crippen LogP contribution in [0.25, 0.3) is 0 Å². The molecule has 2 N–H and O–H groups in total. The number of rotatable bonds is 4. The molecule has 0 atom stereocenters.